The molecule has 1 aromatic rings. The average Bonchev–Trinajstić information content (AvgIpc) is 3.30. The molecule has 132 valence electrons. The lowest BCUT2D eigenvalue weighted by molar-refractivity contribution is -0.126. The van der Waals surface area contributed by atoms with Gasteiger partial charge in [0.05, 0.1) is 0 Å². The standard InChI is InChI=1S/C17H26N4O3/c1-10(9-19-16(22)12-4-6-13(18)7-5-12)20-17(23)14-8-15(24-21-14)11-2-3-11/h8,10-13H,2-7,9,18H2,1H3,(H,19,22)(H,20,23)/t10?,12-,13-. The van der Waals surface area contributed by atoms with Crippen LogP contribution in [0.3, 0.4) is 0 Å². The monoisotopic (exact) mass is 334 g/mol. The number of aromatic nitrogens is 1. The Balaban J connectivity index is 1.40. The van der Waals surface area contributed by atoms with E-state index in [0.717, 1.165) is 44.3 Å². The molecular weight excluding hydrogens is 308 g/mol. The van der Waals surface area contributed by atoms with Gasteiger partial charge in [-0.25, -0.2) is 0 Å². The van der Waals surface area contributed by atoms with Crippen molar-refractivity contribution in [3.8, 4) is 0 Å². The number of nitrogens with two attached hydrogens (primary N) is 1. The second-order valence-electron chi connectivity index (χ2n) is 7.12. The van der Waals surface area contributed by atoms with Crippen LogP contribution in [0.1, 0.15) is 67.6 Å². The minimum Gasteiger partial charge on any atom is -0.360 e. The highest BCUT2D eigenvalue weighted by molar-refractivity contribution is 5.92. The van der Waals surface area contributed by atoms with E-state index >= 15 is 0 Å². The van der Waals surface area contributed by atoms with E-state index in [1.807, 2.05) is 6.92 Å². The lowest BCUT2D eigenvalue weighted by Crippen LogP contribution is -2.44. The number of nitrogens with one attached hydrogen (secondary N) is 2. The molecule has 0 radical (unpaired) electrons. The smallest absolute Gasteiger partial charge is 0.273 e. The summed E-state index contributed by atoms with van der Waals surface area (Å²) in [6.07, 6.45) is 5.70. The zero-order valence-corrected chi connectivity index (χ0v) is 14.1. The SMILES string of the molecule is CC(CNC(=O)[C@H]1CC[C@H](N)CC1)NC(=O)c1cc(C2CC2)on1. The Hall–Kier alpha value is -1.89. The van der Waals surface area contributed by atoms with E-state index in [1.54, 1.807) is 6.07 Å². The third kappa shape index (κ3) is 4.35. The number of carbonyl (C=O) groups excluding carboxylic acids is 2. The summed E-state index contributed by atoms with van der Waals surface area (Å²) >= 11 is 0. The molecule has 2 aliphatic rings. The fourth-order valence-electron chi connectivity index (χ4n) is 3.08. The molecule has 7 nitrogen and oxygen atoms in total. The molecule has 0 saturated heterocycles. The molecule has 1 atom stereocenters. The maximum absolute atomic E-state index is 12.2. The Bertz CT molecular complexity index is 588. The molecule has 0 bridgehead atoms. The molecule has 3 rings (SSSR count). The van der Waals surface area contributed by atoms with Crippen molar-refractivity contribution in [1.29, 1.82) is 0 Å². The van der Waals surface area contributed by atoms with Gasteiger partial charge in [-0.15, -0.1) is 0 Å². The van der Waals surface area contributed by atoms with Crippen molar-refractivity contribution < 1.29 is 14.1 Å². The summed E-state index contributed by atoms with van der Waals surface area (Å²) in [6, 6.07) is 1.77. The highest BCUT2D eigenvalue weighted by Crippen LogP contribution is 2.40. The van der Waals surface area contributed by atoms with Crippen LogP contribution in [-0.4, -0.2) is 35.6 Å². The first kappa shape index (κ1) is 17.0. The summed E-state index contributed by atoms with van der Waals surface area (Å²) in [4.78, 5) is 24.3. The van der Waals surface area contributed by atoms with Crippen molar-refractivity contribution in [3.05, 3.63) is 17.5 Å². The first-order chi connectivity index (χ1) is 11.5. The molecule has 7 heteroatoms. The lowest BCUT2D eigenvalue weighted by atomic mass is 9.86. The molecule has 2 fully saturated rings. The molecule has 0 aliphatic heterocycles. The van der Waals surface area contributed by atoms with Gasteiger partial charge in [0.2, 0.25) is 5.91 Å². The second kappa shape index (κ2) is 7.34. The van der Waals surface area contributed by atoms with Crippen molar-refractivity contribution in [2.75, 3.05) is 6.54 Å². The van der Waals surface area contributed by atoms with E-state index in [0.29, 0.717) is 18.2 Å². The molecule has 0 aromatic carbocycles. The fourth-order valence-corrected chi connectivity index (χ4v) is 3.08. The highest BCUT2D eigenvalue weighted by atomic mass is 16.5. The number of rotatable bonds is 6. The molecule has 1 heterocycles. The first-order valence-electron chi connectivity index (χ1n) is 8.83. The van der Waals surface area contributed by atoms with Gasteiger partial charge in [0.1, 0.15) is 5.76 Å². The predicted octanol–water partition coefficient (Wildman–Crippen LogP) is 1.30. The summed E-state index contributed by atoms with van der Waals surface area (Å²) < 4.78 is 5.19. The van der Waals surface area contributed by atoms with Gasteiger partial charge in [-0.3, -0.25) is 9.59 Å². The number of carbonyl (C=O) groups is 2. The highest BCUT2D eigenvalue weighted by Gasteiger charge is 2.29. The Kier molecular flexibility index (Phi) is 5.18. The maximum atomic E-state index is 12.2. The Morgan fingerprint density at radius 3 is 2.67 bits per heavy atom. The summed E-state index contributed by atoms with van der Waals surface area (Å²) in [5.41, 5.74) is 6.16. The van der Waals surface area contributed by atoms with Gasteiger partial charge < -0.3 is 20.9 Å². The van der Waals surface area contributed by atoms with Crippen LogP contribution in [0.25, 0.3) is 0 Å². The topological polar surface area (TPSA) is 110 Å². The summed E-state index contributed by atoms with van der Waals surface area (Å²) in [7, 11) is 0. The van der Waals surface area contributed by atoms with Crippen molar-refractivity contribution in [2.45, 2.75) is 63.5 Å². The Morgan fingerprint density at radius 1 is 1.29 bits per heavy atom. The van der Waals surface area contributed by atoms with Gasteiger partial charge in [-0.1, -0.05) is 5.16 Å². The van der Waals surface area contributed by atoms with Gasteiger partial charge >= 0.3 is 0 Å². The number of hydrogen-bond acceptors (Lipinski definition) is 5. The number of hydrogen-bond donors (Lipinski definition) is 3. The minimum absolute atomic E-state index is 0.0457. The third-order valence-corrected chi connectivity index (χ3v) is 4.84. The third-order valence-electron chi connectivity index (χ3n) is 4.84. The van der Waals surface area contributed by atoms with Crippen LogP contribution in [-0.2, 0) is 4.79 Å². The summed E-state index contributed by atoms with van der Waals surface area (Å²) in [6.45, 7) is 2.26. The van der Waals surface area contributed by atoms with Gasteiger partial charge in [-0.05, 0) is 45.4 Å². The van der Waals surface area contributed by atoms with Crippen LogP contribution >= 0.6 is 0 Å². The summed E-state index contributed by atoms with van der Waals surface area (Å²) in [5, 5.41) is 9.58. The normalized spacial score (nSPS) is 25.1. The maximum Gasteiger partial charge on any atom is 0.273 e. The van der Waals surface area contributed by atoms with E-state index in [2.05, 4.69) is 15.8 Å². The van der Waals surface area contributed by atoms with Gasteiger partial charge in [0, 0.05) is 36.5 Å². The van der Waals surface area contributed by atoms with Crippen LogP contribution < -0.4 is 16.4 Å². The van der Waals surface area contributed by atoms with Crippen molar-refractivity contribution in [2.24, 2.45) is 11.7 Å². The second-order valence-corrected chi connectivity index (χ2v) is 7.12. The van der Waals surface area contributed by atoms with Crippen LogP contribution in [0, 0.1) is 5.92 Å². The molecule has 24 heavy (non-hydrogen) atoms. The van der Waals surface area contributed by atoms with E-state index in [4.69, 9.17) is 10.3 Å². The van der Waals surface area contributed by atoms with E-state index < -0.39 is 0 Å². The zero-order valence-electron chi connectivity index (χ0n) is 14.1. The molecule has 4 N–H and O–H groups in total. The quantitative estimate of drug-likeness (QED) is 0.726. The predicted molar refractivity (Wildman–Crippen MR) is 88.3 cm³/mol. The molecule has 2 saturated carbocycles. The van der Waals surface area contributed by atoms with E-state index in [9.17, 15) is 9.59 Å². The fraction of sp³-hybridized carbons (Fsp3) is 0.706. The van der Waals surface area contributed by atoms with Crippen LogP contribution in [0.15, 0.2) is 10.6 Å². The number of amides is 2. The molecule has 2 aliphatic carbocycles. The average molecular weight is 334 g/mol. The Morgan fingerprint density at radius 2 is 2.00 bits per heavy atom. The van der Waals surface area contributed by atoms with Crippen LogP contribution in [0.4, 0.5) is 0 Å². The van der Waals surface area contributed by atoms with Gasteiger partial charge in [0.25, 0.3) is 5.91 Å². The minimum atomic E-state index is -0.268. The van der Waals surface area contributed by atoms with Crippen LogP contribution in [0.2, 0.25) is 0 Å². The van der Waals surface area contributed by atoms with Crippen molar-refractivity contribution >= 4 is 11.8 Å². The van der Waals surface area contributed by atoms with E-state index in [1.165, 1.54) is 0 Å². The molecule has 2 amide bonds. The molecular formula is C17H26N4O3. The molecule has 1 unspecified atom stereocenters. The van der Waals surface area contributed by atoms with Crippen molar-refractivity contribution in [1.82, 2.24) is 15.8 Å². The molecule has 1 aromatic heterocycles. The lowest BCUT2D eigenvalue weighted by Gasteiger charge is -2.25. The van der Waals surface area contributed by atoms with Crippen LogP contribution in [0.5, 0.6) is 0 Å². The zero-order chi connectivity index (χ0) is 17.1. The van der Waals surface area contributed by atoms with E-state index in [-0.39, 0.29) is 29.8 Å². The van der Waals surface area contributed by atoms with Gasteiger partial charge in [0.15, 0.2) is 5.69 Å². The van der Waals surface area contributed by atoms with Crippen molar-refractivity contribution in [3.63, 3.8) is 0 Å². The molecule has 0 spiro atoms. The number of nitrogens with zero attached hydrogens (tertiary/aromatic N) is 1. The summed E-state index contributed by atoms with van der Waals surface area (Å²) in [5.74, 6) is 1.05. The van der Waals surface area contributed by atoms with Gasteiger partial charge in [-0.2, -0.15) is 0 Å². The first-order valence-corrected chi connectivity index (χ1v) is 8.83. The Labute approximate surface area is 141 Å². The largest absolute Gasteiger partial charge is 0.360 e.